The van der Waals surface area contributed by atoms with E-state index in [0.717, 1.165) is 50.8 Å². The summed E-state index contributed by atoms with van der Waals surface area (Å²) in [7, 11) is 1.37. The van der Waals surface area contributed by atoms with E-state index >= 15 is 0 Å². The molecule has 0 saturated carbocycles. The van der Waals surface area contributed by atoms with Crippen LogP contribution in [0.25, 0.3) is 0 Å². The van der Waals surface area contributed by atoms with E-state index in [1.807, 2.05) is 127 Å². The summed E-state index contributed by atoms with van der Waals surface area (Å²) in [4.78, 5) is -0.297. The van der Waals surface area contributed by atoms with Crippen molar-refractivity contribution in [3.05, 3.63) is 155 Å². The van der Waals surface area contributed by atoms with Gasteiger partial charge in [0, 0.05) is 0 Å². The molecule has 348 valence electrons. The molecular formula is C49H56O14SSe. The van der Waals surface area contributed by atoms with E-state index in [1.165, 1.54) is 0 Å². The summed E-state index contributed by atoms with van der Waals surface area (Å²) < 4.78 is 103. The number of hydrogen-bond acceptors (Lipinski definition) is 14. The summed E-state index contributed by atoms with van der Waals surface area (Å²) in [6, 6.07) is 40.2. The van der Waals surface area contributed by atoms with Gasteiger partial charge in [-0.05, 0) is 0 Å². The van der Waals surface area contributed by atoms with Gasteiger partial charge in [0.2, 0.25) is 0 Å². The Labute approximate surface area is 385 Å². The first kappa shape index (κ1) is 48.4. The maximum atomic E-state index is 12.2. The van der Waals surface area contributed by atoms with E-state index in [9.17, 15) is 13.0 Å². The molecule has 7 rings (SSSR count). The van der Waals surface area contributed by atoms with Gasteiger partial charge in [-0.3, -0.25) is 0 Å². The second-order valence-electron chi connectivity index (χ2n) is 15.5. The van der Waals surface area contributed by atoms with E-state index in [-0.39, 0.29) is 37.9 Å². The van der Waals surface area contributed by atoms with Crippen LogP contribution in [0.15, 0.2) is 127 Å². The average Bonchev–Trinajstić information content (AvgIpc) is 3.68. The maximum absolute atomic E-state index is 12.2. The van der Waals surface area contributed by atoms with Crippen molar-refractivity contribution >= 4 is 24.3 Å². The molecule has 14 nitrogen and oxygen atoms in total. The van der Waals surface area contributed by atoms with Gasteiger partial charge in [-0.25, -0.2) is 0 Å². The molecular weight excluding hydrogens is 924 g/mol. The van der Waals surface area contributed by atoms with Gasteiger partial charge >= 0.3 is 387 Å². The first-order valence-corrected chi connectivity index (χ1v) is 25.9. The van der Waals surface area contributed by atoms with Crippen LogP contribution >= 0.6 is 0 Å². The predicted octanol–water partition coefficient (Wildman–Crippen LogP) is 7.83. The van der Waals surface area contributed by atoms with Gasteiger partial charge in [0.15, 0.2) is 0 Å². The molecule has 2 fully saturated rings. The molecule has 2 heterocycles. The zero-order chi connectivity index (χ0) is 45.6. The Kier molecular flexibility index (Phi) is 17.7. The number of ether oxygens (including phenoxy) is 10. The summed E-state index contributed by atoms with van der Waals surface area (Å²) in [5.41, 5.74) is 4.51. The van der Waals surface area contributed by atoms with Crippen LogP contribution in [0.3, 0.4) is 0 Å². The van der Waals surface area contributed by atoms with E-state index in [2.05, 4.69) is 0 Å². The van der Waals surface area contributed by atoms with Crippen molar-refractivity contribution in [1.82, 2.24) is 0 Å². The zero-order valence-electron chi connectivity index (χ0n) is 36.9. The minimum atomic E-state index is -5.12. The van der Waals surface area contributed by atoms with Crippen molar-refractivity contribution in [2.45, 2.75) is 78.7 Å². The van der Waals surface area contributed by atoms with Gasteiger partial charge in [0.25, 0.3) is 0 Å². The summed E-state index contributed by atoms with van der Waals surface area (Å²) in [6.45, 7) is 1.12. The molecule has 16 heteroatoms. The van der Waals surface area contributed by atoms with E-state index in [1.54, 1.807) is 28.4 Å². The Hall–Kier alpha value is -4.55. The topological polar surface area (TPSA) is 159 Å². The minimum absolute atomic E-state index is 0.174. The Morgan fingerprint density at radius 2 is 1.12 bits per heavy atom. The van der Waals surface area contributed by atoms with Crippen molar-refractivity contribution in [2.24, 2.45) is 0 Å². The molecule has 8 atom stereocenters. The second kappa shape index (κ2) is 23.8. The molecule has 0 aliphatic carbocycles. The summed E-state index contributed by atoms with van der Waals surface area (Å²) in [5, 5.41) is 0.950. The standard InChI is InChI=1S/C49H56O14SSe/c1-53-39-18-10-34(11-19-39)26-57-30-44(58-27-35-12-20-40(54-2)21-13-35)48-47(60-29-37-16-24-42(56-4)25-17-37)46(59-28-36-14-22-41(55-3)23-15-36)33-65(48)32-45-43(63-64(50,51)52)31-61-49(62-45)38-8-6-5-7-9-38/h5-25,43-49H,26-33H2,1-4H3. The summed E-state index contributed by atoms with van der Waals surface area (Å²) in [6.07, 6.45) is -4.33. The van der Waals surface area contributed by atoms with Crippen LogP contribution in [-0.2, 0) is 69.4 Å². The number of methoxy groups -OCH3 is 4. The summed E-state index contributed by atoms with van der Waals surface area (Å²) >= 11 is -2.10. The van der Waals surface area contributed by atoms with E-state index < -0.39 is 61.1 Å². The van der Waals surface area contributed by atoms with Gasteiger partial charge in [0.1, 0.15) is 0 Å². The molecule has 2 aliphatic heterocycles. The molecule has 65 heavy (non-hydrogen) atoms. The zero-order valence-corrected chi connectivity index (χ0v) is 39.4. The Morgan fingerprint density at radius 3 is 1.63 bits per heavy atom. The molecule has 0 aromatic heterocycles. The van der Waals surface area contributed by atoms with Crippen LogP contribution in [-0.4, -0.2) is 99.0 Å². The van der Waals surface area contributed by atoms with Gasteiger partial charge in [-0.2, -0.15) is 0 Å². The van der Waals surface area contributed by atoms with Crippen LogP contribution in [0.1, 0.15) is 34.1 Å². The SMILES string of the molecule is COc1ccc(COCC(OCc2ccc(OC)cc2)C2C(OCc3ccc(OC)cc3)C(OCc3ccc(OC)cc3)C[Se+]2CC2OC(c3ccccc3)OCC2OS(=O)(=O)[O-])cc1. The molecule has 2 aliphatic rings. The van der Waals surface area contributed by atoms with Crippen molar-refractivity contribution in [1.29, 1.82) is 0 Å². The predicted molar refractivity (Wildman–Crippen MR) is 241 cm³/mol. The second-order valence-corrected chi connectivity index (χ2v) is 21.3. The van der Waals surface area contributed by atoms with Crippen molar-refractivity contribution in [3.63, 3.8) is 0 Å². The van der Waals surface area contributed by atoms with Crippen molar-refractivity contribution in [3.8, 4) is 23.0 Å². The molecule has 5 aromatic rings. The third-order valence-electron chi connectivity index (χ3n) is 11.2. The Bertz CT molecular complexity index is 2280. The first-order chi connectivity index (χ1) is 31.6. The quantitative estimate of drug-likeness (QED) is 0.0354. The summed E-state index contributed by atoms with van der Waals surface area (Å²) in [5.74, 6) is 2.92. The first-order valence-electron chi connectivity index (χ1n) is 21.2. The van der Waals surface area contributed by atoms with Crippen molar-refractivity contribution < 1.29 is 64.5 Å². The normalized spacial score (nSPS) is 22.6. The number of hydrogen-bond donors (Lipinski definition) is 0. The molecule has 5 aromatic carbocycles. The molecule has 0 bridgehead atoms. The molecule has 0 radical (unpaired) electrons. The van der Waals surface area contributed by atoms with Crippen LogP contribution in [0.5, 0.6) is 23.0 Å². The Balaban J connectivity index is 1.25. The molecule has 0 spiro atoms. The van der Waals surface area contributed by atoms with Crippen molar-refractivity contribution in [2.75, 3.05) is 41.7 Å². The Morgan fingerprint density at radius 1 is 0.631 bits per heavy atom. The molecule has 2 saturated heterocycles. The van der Waals surface area contributed by atoms with Crippen LogP contribution in [0, 0.1) is 0 Å². The fourth-order valence-electron chi connectivity index (χ4n) is 7.74. The van der Waals surface area contributed by atoms with Crippen LogP contribution < -0.4 is 18.9 Å². The molecule has 0 amide bonds. The van der Waals surface area contributed by atoms with Crippen LogP contribution in [0.2, 0.25) is 15.5 Å². The van der Waals surface area contributed by atoms with Gasteiger partial charge in [-0.15, -0.1) is 0 Å². The van der Waals surface area contributed by atoms with Gasteiger partial charge < -0.3 is 0 Å². The van der Waals surface area contributed by atoms with E-state index in [0.29, 0.717) is 17.2 Å². The third kappa shape index (κ3) is 14.0. The van der Waals surface area contributed by atoms with Crippen LogP contribution in [0.4, 0.5) is 0 Å². The average molecular weight is 980 g/mol. The molecule has 8 unspecified atom stereocenters. The van der Waals surface area contributed by atoms with Gasteiger partial charge in [0.05, 0.1) is 0 Å². The fraction of sp³-hybridized carbons (Fsp3) is 0.388. The van der Waals surface area contributed by atoms with Gasteiger partial charge in [-0.1, -0.05) is 0 Å². The third-order valence-corrected chi connectivity index (χ3v) is 17.7. The number of rotatable bonds is 23. The number of benzene rings is 5. The van der Waals surface area contributed by atoms with E-state index in [4.69, 9.17) is 51.6 Å². The monoisotopic (exact) mass is 980 g/mol. The fourth-order valence-corrected chi connectivity index (χ4v) is 15.0. The molecule has 0 N–H and O–H groups in total.